The van der Waals surface area contributed by atoms with Crippen LogP contribution in [0.2, 0.25) is 0 Å². The Balaban J connectivity index is 5.36. The van der Waals surface area contributed by atoms with Crippen molar-refractivity contribution in [2.24, 2.45) is 5.92 Å². The number of carboxylic acids is 2. The fourth-order valence-electron chi connectivity index (χ4n) is 2.62. The van der Waals surface area contributed by atoms with Crippen molar-refractivity contribution in [3.8, 4) is 0 Å². The number of hydrogen-bond donors (Lipinski definition) is 2. The highest BCUT2D eigenvalue weighted by Gasteiger charge is 2.46. The van der Waals surface area contributed by atoms with Gasteiger partial charge in [-0.3, -0.25) is 4.79 Å². The predicted octanol–water partition coefficient (Wildman–Crippen LogP) is 3.71. The van der Waals surface area contributed by atoms with Gasteiger partial charge in [0.25, 0.3) is 0 Å². The van der Waals surface area contributed by atoms with Crippen LogP contribution in [0.4, 0.5) is 0 Å². The summed E-state index contributed by atoms with van der Waals surface area (Å²) in [5.74, 6) is -2.46. The van der Waals surface area contributed by atoms with Crippen LogP contribution < -0.4 is 0 Å². The van der Waals surface area contributed by atoms with Crippen molar-refractivity contribution >= 4 is 11.9 Å². The third-order valence-corrected chi connectivity index (χ3v) is 3.81. The first-order chi connectivity index (χ1) is 9.94. The Morgan fingerprint density at radius 2 is 1.67 bits per heavy atom. The van der Waals surface area contributed by atoms with E-state index in [0.717, 1.165) is 25.7 Å². The van der Waals surface area contributed by atoms with Crippen LogP contribution in [0.5, 0.6) is 0 Å². The van der Waals surface area contributed by atoms with E-state index in [9.17, 15) is 14.7 Å². The number of aliphatic carboxylic acids is 2. The average Bonchev–Trinajstić information content (AvgIpc) is 2.43. The molecule has 5 heteroatoms. The lowest BCUT2D eigenvalue weighted by atomic mass is 9.77. The maximum atomic E-state index is 11.9. The molecule has 0 aromatic carbocycles. The van der Waals surface area contributed by atoms with E-state index in [-0.39, 0.29) is 6.42 Å². The molecule has 0 heterocycles. The largest absolute Gasteiger partial charge is 0.481 e. The Labute approximate surface area is 127 Å². The summed E-state index contributed by atoms with van der Waals surface area (Å²) in [5, 5.41) is 18.9. The Hall–Kier alpha value is -1.10. The van der Waals surface area contributed by atoms with Gasteiger partial charge in [-0.1, -0.05) is 46.5 Å². The number of unbranched alkanes of at least 4 members (excludes halogenated alkanes) is 2. The molecule has 124 valence electrons. The van der Waals surface area contributed by atoms with E-state index in [4.69, 9.17) is 9.84 Å². The van der Waals surface area contributed by atoms with Crippen molar-refractivity contribution in [3.05, 3.63) is 0 Å². The van der Waals surface area contributed by atoms with Crippen LogP contribution in [0, 0.1) is 5.92 Å². The van der Waals surface area contributed by atoms with E-state index < -0.39 is 23.5 Å². The number of ether oxygens (including phenoxy) is 1. The van der Waals surface area contributed by atoms with E-state index >= 15 is 0 Å². The molecule has 0 bridgehead atoms. The van der Waals surface area contributed by atoms with Gasteiger partial charge in [0.1, 0.15) is 0 Å². The highest BCUT2D eigenvalue weighted by atomic mass is 16.5. The molecule has 0 saturated heterocycles. The second-order valence-corrected chi connectivity index (χ2v) is 5.58. The fraction of sp³-hybridized carbons (Fsp3) is 0.875. The van der Waals surface area contributed by atoms with Crippen LogP contribution in [0.1, 0.15) is 72.1 Å². The standard InChI is InChI=1S/C16H30O5/c1-4-7-9-13(12-14(17)18)16(15(19)20,10-8-5-2)21-11-6-3/h13H,4-12H2,1-3H3,(H,17,18)(H,19,20). The van der Waals surface area contributed by atoms with Gasteiger partial charge in [0.2, 0.25) is 0 Å². The van der Waals surface area contributed by atoms with Gasteiger partial charge >= 0.3 is 11.9 Å². The first-order valence-electron chi connectivity index (χ1n) is 8.03. The minimum Gasteiger partial charge on any atom is -0.481 e. The second-order valence-electron chi connectivity index (χ2n) is 5.58. The molecule has 0 radical (unpaired) electrons. The first kappa shape index (κ1) is 19.9. The Morgan fingerprint density at radius 3 is 2.10 bits per heavy atom. The van der Waals surface area contributed by atoms with Gasteiger partial charge in [0.15, 0.2) is 5.60 Å². The molecule has 0 aromatic rings. The molecule has 0 saturated carbocycles. The summed E-state index contributed by atoms with van der Waals surface area (Å²) in [6.07, 6.45) is 4.82. The van der Waals surface area contributed by atoms with Gasteiger partial charge in [-0.25, -0.2) is 4.79 Å². The van der Waals surface area contributed by atoms with Crippen LogP contribution in [0.15, 0.2) is 0 Å². The summed E-state index contributed by atoms with van der Waals surface area (Å²) >= 11 is 0. The normalized spacial score (nSPS) is 15.4. The van der Waals surface area contributed by atoms with Crippen LogP contribution in [0.3, 0.4) is 0 Å². The van der Waals surface area contributed by atoms with Crippen molar-refractivity contribution in [3.63, 3.8) is 0 Å². The van der Waals surface area contributed by atoms with Crippen LogP contribution in [0.25, 0.3) is 0 Å². The molecular formula is C16H30O5. The Morgan fingerprint density at radius 1 is 1.05 bits per heavy atom. The molecular weight excluding hydrogens is 272 g/mol. The zero-order valence-electron chi connectivity index (χ0n) is 13.6. The number of carbonyl (C=O) groups is 2. The maximum Gasteiger partial charge on any atom is 0.336 e. The van der Waals surface area contributed by atoms with Gasteiger partial charge in [-0.05, 0) is 19.3 Å². The molecule has 0 fully saturated rings. The molecule has 21 heavy (non-hydrogen) atoms. The van der Waals surface area contributed by atoms with Crippen molar-refractivity contribution < 1.29 is 24.5 Å². The average molecular weight is 302 g/mol. The highest BCUT2D eigenvalue weighted by molar-refractivity contribution is 5.79. The van der Waals surface area contributed by atoms with Gasteiger partial charge in [0, 0.05) is 12.5 Å². The molecule has 0 aliphatic carbocycles. The SMILES string of the molecule is CCCCC(CC(=O)O)C(CCCC)(OCCC)C(=O)O. The van der Waals surface area contributed by atoms with E-state index in [2.05, 4.69) is 0 Å². The van der Waals surface area contributed by atoms with E-state index in [1.807, 2.05) is 20.8 Å². The number of rotatable bonds is 13. The lowest BCUT2D eigenvalue weighted by molar-refractivity contribution is -0.179. The van der Waals surface area contributed by atoms with E-state index in [1.54, 1.807) is 0 Å². The van der Waals surface area contributed by atoms with E-state index in [1.165, 1.54) is 0 Å². The van der Waals surface area contributed by atoms with E-state index in [0.29, 0.717) is 25.9 Å². The maximum absolute atomic E-state index is 11.9. The second kappa shape index (κ2) is 10.6. The van der Waals surface area contributed by atoms with Gasteiger partial charge in [-0.2, -0.15) is 0 Å². The van der Waals surface area contributed by atoms with Crippen molar-refractivity contribution in [2.45, 2.75) is 77.7 Å². The molecule has 0 aliphatic heterocycles. The van der Waals surface area contributed by atoms with Crippen molar-refractivity contribution in [1.29, 1.82) is 0 Å². The van der Waals surface area contributed by atoms with Crippen LogP contribution in [-0.4, -0.2) is 34.4 Å². The predicted molar refractivity (Wildman–Crippen MR) is 81.4 cm³/mol. The van der Waals surface area contributed by atoms with Gasteiger partial charge in [0.05, 0.1) is 6.42 Å². The minimum atomic E-state index is -1.36. The first-order valence-corrected chi connectivity index (χ1v) is 8.03. The monoisotopic (exact) mass is 302 g/mol. The molecule has 0 amide bonds. The molecule has 0 aliphatic rings. The van der Waals surface area contributed by atoms with Crippen LogP contribution in [-0.2, 0) is 14.3 Å². The summed E-state index contributed by atoms with van der Waals surface area (Å²) in [4.78, 5) is 23.0. The molecule has 2 unspecified atom stereocenters. The topological polar surface area (TPSA) is 83.8 Å². The lowest BCUT2D eigenvalue weighted by Gasteiger charge is -2.37. The van der Waals surface area contributed by atoms with Crippen molar-refractivity contribution in [2.75, 3.05) is 6.61 Å². The zero-order chi connectivity index (χ0) is 16.3. The number of hydrogen-bond acceptors (Lipinski definition) is 3. The number of carboxylic acid groups (broad SMARTS) is 2. The zero-order valence-corrected chi connectivity index (χ0v) is 13.6. The smallest absolute Gasteiger partial charge is 0.336 e. The molecule has 0 aromatic heterocycles. The Bertz CT molecular complexity index is 306. The lowest BCUT2D eigenvalue weighted by Crippen LogP contribution is -2.49. The van der Waals surface area contributed by atoms with Crippen molar-refractivity contribution in [1.82, 2.24) is 0 Å². The minimum absolute atomic E-state index is 0.153. The molecule has 2 atom stereocenters. The quantitative estimate of drug-likeness (QED) is 0.542. The summed E-state index contributed by atoms with van der Waals surface area (Å²) in [5.41, 5.74) is -1.36. The summed E-state index contributed by atoms with van der Waals surface area (Å²) in [6, 6.07) is 0. The molecule has 5 nitrogen and oxygen atoms in total. The molecule has 0 spiro atoms. The van der Waals surface area contributed by atoms with Gasteiger partial charge < -0.3 is 14.9 Å². The molecule has 0 rings (SSSR count). The highest BCUT2D eigenvalue weighted by Crippen LogP contribution is 2.35. The molecule has 2 N–H and O–H groups in total. The summed E-state index contributed by atoms with van der Waals surface area (Å²) in [6.45, 7) is 6.27. The third kappa shape index (κ3) is 6.46. The fourth-order valence-corrected chi connectivity index (χ4v) is 2.62. The summed E-state index contributed by atoms with van der Waals surface area (Å²) in [7, 11) is 0. The van der Waals surface area contributed by atoms with Crippen LogP contribution >= 0.6 is 0 Å². The summed E-state index contributed by atoms with van der Waals surface area (Å²) < 4.78 is 5.74. The Kier molecular flexibility index (Phi) is 10.0. The third-order valence-electron chi connectivity index (χ3n) is 3.81. The van der Waals surface area contributed by atoms with Gasteiger partial charge in [-0.15, -0.1) is 0 Å².